The summed E-state index contributed by atoms with van der Waals surface area (Å²) in [5.74, 6) is -0.160. The molecule has 27 heavy (non-hydrogen) atoms. The first-order chi connectivity index (χ1) is 13.0. The summed E-state index contributed by atoms with van der Waals surface area (Å²) in [5.41, 5.74) is 4.21. The smallest absolute Gasteiger partial charge is 0.272 e. The highest BCUT2D eigenvalue weighted by atomic mass is 35.5. The van der Waals surface area contributed by atoms with E-state index in [1.165, 1.54) is 5.69 Å². The Morgan fingerprint density at radius 3 is 2.44 bits per heavy atom. The highest BCUT2D eigenvalue weighted by Gasteiger charge is 2.17. The van der Waals surface area contributed by atoms with E-state index < -0.39 is 0 Å². The molecule has 0 saturated carbocycles. The second kappa shape index (κ2) is 7.25. The molecule has 4 rings (SSSR count). The van der Waals surface area contributed by atoms with Crippen molar-refractivity contribution in [2.45, 2.75) is 6.92 Å². The fourth-order valence-corrected chi connectivity index (χ4v) is 3.78. The summed E-state index contributed by atoms with van der Waals surface area (Å²) in [4.78, 5) is 20.6. The van der Waals surface area contributed by atoms with Gasteiger partial charge in [0.05, 0.1) is 10.5 Å². The van der Waals surface area contributed by atoms with Gasteiger partial charge in [0.15, 0.2) is 0 Å². The van der Waals surface area contributed by atoms with E-state index in [9.17, 15) is 4.79 Å². The number of aromatic nitrogens is 1. The van der Waals surface area contributed by atoms with Gasteiger partial charge in [-0.3, -0.25) is 4.79 Å². The third-order valence-electron chi connectivity index (χ3n) is 5.26. The summed E-state index contributed by atoms with van der Waals surface area (Å²) in [6.07, 6.45) is 0. The predicted molar refractivity (Wildman–Crippen MR) is 112 cm³/mol. The lowest BCUT2D eigenvalue weighted by Gasteiger charge is -2.34. The predicted octanol–water partition coefficient (Wildman–Crippen LogP) is 4.13. The Morgan fingerprint density at radius 1 is 1.07 bits per heavy atom. The molecule has 1 amide bonds. The van der Waals surface area contributed by atoms with E-state index in [0.717, 1.165) is 48.3 Å². The lowest BCUT2D eigenvalue weighted by molar-refractivity contribution is 0.102. The molecule has 3 aromatic rings. The molecule has 2 N–H and O–H groups in total. The van der Waals surface area contributed by atoms with Crippen LogP contribution in [0.4, 0.5) is 11.4 Å². The first-order valence-electron chi connectivity index (χ1n) is 9.14. The Bertz CT molecular complexity index is 972. The molecule has 1 fully saturated rings. The molecule has 2 aromatic carbocycles. The highest BCUT2D eigenvalue weighted by Crippen LogP contribution is 2.28. The van der Waals surface area contributed by atoms with Crippen molar-refractivity contribution in [2.24, 2.45) is 0 Å². The second-order valence-corrected chi connectivity index (χ2v) is 7.49. The first kappa shape index (κ1) is 17.9. The molecule has 0 radical (unpaired) electrons. The van der Waals surface area contributed by atoms with Crippen LogP contribution in [0, 0.1) is 6.92 Å². The number of fused-ring (bicyclic) bond motifs is 1. The van der Waals surface area contributed by atoms with Crippen molar-refractivity contribution in [3.63, 3.8) is 0 Å². The molecule has 1 saturated heterocycles. The molecule has 140 valence electrons. The minimum Gasteiger partial charge on any atom is -0.369 e. The van der Waals surface area contributed by atoms with E-state index in [1.807, 2.05) is 37.3 Å². The van der Waals surface area contributed by atoms with Crippen LogP contribution in [0.3, 0.4) is 0 Å². The van der Waals surface area contributed by atoms with Gasteiger partial charge in [-0.25, -0.2) is 0 Å². The first-order valence-corrected chi connectivity index (χ1v) is 9.52. The quantitative estimate of drug-likeness (QED) is 0.716. The molecule has 5 nitrogen and oxygen atoms in total. The van der Waals surface area contributed by atoms with Gasteiger partial charge in [-0.1, -0.05) is 23.7 Å². The summed E-state index contributed by atoms with van der Waals surface area (Å²) in [6.45, 7) is 6.12. The molecule has 1 aliphatic heterocycles. The van der Waals surface area contributed by atoms with Crippen molar-refractivity contribution in [1.29, 1.82) is 0 Å². The second-order valence-electron chi connectivity index (χ2n) is 7.08. The fourth-order valence-electron chi connectivity index (χ4n) is 3.56. The number of likely N-dealkylation sites (N-methyl/N-ethyl adjacent to an activating group) is 1. The topological polar surface area (TPSA) is 51.4 Å². The van der Waals surface area contributed by atoms with Crippen LogP contribution in [0.1, 0.15) is 16.1 Å². The number of carbonyl (C=O) groups excluding carboxylic acids is 1. The number of aromatic amines is 1. The fraction of sp³-hybridized carbons (Fsp3) is 0.286. The van der Waals surface area contributed by atoms with Crippen LogP contribution in [0.25, 0.3) is 10.9 Å². The number of para-hydroxylation sites is 1. The van der Waals surface area contributed by atoms with E-state index >= 15 is 0 Å². The van der Waals surface area contributed by atoms with Gasteiger partial charge >= 0.3 is 0 Å². The van der Waals surface area contributed by atoms with Gasteiger partial charge in [-0.05, 0) is 49.9 Å². The SMILES string of the molecule is Cc1c(C(=O)Nc2ccc(N3CCN(C)CC3)cc2)[nH]c2c(Cl)cccc12. The number of rotatable bonds is 3. The van der Waals surface area contributed by atoms with Crippen LogP contribution in [-0.2, 0) is 0 Å². The van der Waals surface area contributed by atoms with Gasteiger partial charge in [-0.15, -0.1) is 0 Å². The number of hydrogen-bond acceptors (Lipinski definition) is 3. The number of halogens is 1. The minimum absolute atomic E-state index is 0.160. The Kier molecular flexibility index (Phi) is 4.81. The van der Waals surface area contributed by atoms with Crippen molar-refractivity contribution in [3.05, 3.63) is 58.7 Å². The Labute approximate surface area is 163 Å². The summed E-state index contributed by atoms with van der Waals surface area (Å²) in [7, 11) is 2.15. The highest BCUT2D eigenvalue weighted by molar-refractivity contribution is 6.35. The molecular formula is C21H23ClN4O. The van der Waals surface area contributed by atoms with Crippen LogP contribution < -0.4 is 10.2 Å². The number of amides is 1. The summed E-state index contributed by atoms with van der Waals surface area (Å²) in [6, 6.07) is 13.7. The van der Waals surface area contributed by atoms with E-state index in [0.29, 0.717) is 10.7 Å². The molecule has 0 atom stereocenters. The number of hydrogen-bond donors (Lipinski definition) is 2. The van der Waals surface area contributed by atoms with E-state index in [1.54, 1.807) is 0 Å². The number of nitrogens with one attached hydrogen (secondary N) is 2. The number of H-pyrrole nitrogens is 1. The number of nitrogens with zero attached hydrogens (tertiary/aromatic N) is 2. The summed E-state index contributed by atoms with van der Waals surface area (Å²) in [5, 5.41) is 4.56. The molecule has 0 unspecified atom stereocenters. The zero-order chi connectivity index (χ0) is 19.0. The van der Waals surface area contributed by atoms with Crippen molar-refractivity contribution >= 4 is 39.8 Å². The van der Waals surface area contributed by atoms with Gasteiger partial charge in [0, 0.05) is 42.9 Å². The lowest BCUT2D eigenvalue weighted by Crippen LogP contribution is -2.44. The third kappa shape index (κ3) is 3.53. The Morgan fingerprint density at radius 2 is 1.78 bits per heavy atom. The maximum Gasteiger partial charge on any atom is 0.272 e. The molecule has 6 heteroatoms. The van der Waals surface area contributed by atoms with Gasteiger partial charge in [0.2, 0.25) is 0 Å². The normalized spacial score (nSPS) is 15.3. The van der Waals surface area contributed by atoms with Crippen molar-refractivity contribution in [2.75, 3.05) is 43.4 Å². The molecule has 0 aliphatic carbocycles. The Hall–Kier alpha value is -2.50. The number of carbonyl (C=O) groups is 1. The average Bonchev–Trinajstić information content (AvgIpc) is 3.02. The van der Waals surface area contributed by atoms with Crippen molar-refractivity contribution < 1.29 is 4.79 Å². The summed E-state index contributed by atoms with van der Waals surface area (Å²) < 4.78 is 0. The molecule has 1 aliphatic rings. The van der Waals surface area contributed by atoms with Crippen LogP contribution >= 0.6 is 11.6 Å². The monoisotopic (exact) mass is 382 g/mol. The van der Waals surface area contributed by atoms with Gasteiger partial charge in [0.25, 0.3) is 5.91 Å². The zero-order valence-corrected chi connectivity index (χ0v) is 16.3. The average molecular weight is 383 g/mol. The van der Waals surface area contributed by atoms with Gasteiger partial charge in [-0.2, -0.15) is 0 Å². The maximum atomic E-state index is 12.7. The molecule has 0 bridgehead atoms. The van der Waals surface area contributed by atoms with Crippen molar-refractivity contribution in [1.82, 2.24) is 9.88 Å². The largest absolute Gasteiger partial charge is 0.369 e. The number of anilines is 2. The Balaban J connectivity index is 1.50. The zero-order valence-electron chi connectivity index (χ0n) is 15.6. The van der Waals surface area contributed by atoms with E-state index in [-0.39, 0.29) is 5.91 Å². The minimum atomic E-state index is -0.160. The number of aryl methyl sites for hydroxylation is 1. The molecular weight excluding hydrogens is 360 g/mol. The molecule has 2 heterocycles. The van der Waals surface area contributed by atoms with Gasteiger partial charge in [0.1, 0.15) is 5.69 Å². The van der Waals surface area contributed by atoms with Crippen LogP contribution in [0.5, 0.6) is 0 Å². The van der Waals surface area contributed by atoms with E-state index in [4.69, 9.17) is 11.6 Å². The standard InChI is InChI=1S/C21H23ClN4O/c1-14-17-4-3-5-18(22)20(17)24-19(14)21(27)23-15-6-8-16(9-7-15)26-12-10-25(2)11-13-26/h3-9,24H,10-13H2,1-2H3,(H,23,27). The van der Waals surface area contributed by atoms with Crippen molar-refractivity contribution in [3.8, 4) is 0 Å². The van der Waals surface area contributed by atoms with Crippen LogP contribution in [0.2, 0.25) is 5.02 Å². The lowest BCUT2D eigenvalue weighted by atomic mass is 10.1. The molecule has 1 aromatic heterocycles. The van der Waals surface area contributed by atoms with E-state index in [2.05, 4.69) is 39.3 Å². The maximum absolute atomic E-state index is 12.7. The summed E-state index contributed by atoms with van der Waals surface area (Å²) >= 11 is 6.24. The molecule has 0 spiro atoms. The van der Waals surface area contributed by atoms with Crippen LogP contribution in [-0.4, -0.2) is 49.0 Å². The number of piperazine rings is 1. The van der Waals surface area contributed by atoms with Crippen LogP contribution in [0.15, 0.2) is 42.5 Å². The third-order valence-corrected chi connectivity index (χ3v) is 5.58. The van der Waals surface area contributed by atoms with Gasteiger partial charge < -0.3 is 20.1 Å². The number of benzene rings is 2.